The number of hydrogen-bond donors (Lipinski definition) is 0. The highest BCUT2D eigenvalue weighted by Gasteiger charge is 2.29. The maximum absolute atomic E-state index is 2.56. The van der Waals surface area contributed by atoms with Gasteiger partial charge in [0, 0.05) is 38.4 Å². The molecule has 0 aromatic heterocycles. The SMILES string of the molecule is Cc1ccc(N2CC3=C(CN(Cc4ccccc4)C3)C2)cc1. The molecule has 0 atom stereocenters. The van der Waals surface area contributed by atoms with Gasteiger partial charge in [-0.25, -0.2) is 0 Å². The van der Waals surface area contributed by atoms with Crippen LogP contribution in [0.2, 0.25) is 0 Å². The predicted molar refractivity (Wildman–Crippen MR) is 92.1 cm³/mol. The Morgan fingerprint density at radius 2 is 1.41 bits per heavy atom. The van der Waals surface area contributed by atoms with Crippen LogP contribution in [0.3, 0.4) is 0 Å². The van der Waals surface area contributed by atoms with Gasteiger partial charge in [0.05, 0.1) is 0 Å². The molecule has 0 bridgehead atoms. The van der Waals surface area contributed by atoms with Crippen LogP contribution in [0.4, 0.5) is 5.69 Å². The second-order valence-corrected chi connectivity index (χ2v) is 6.53. The summed E-state index contributed by atoms with van der Waals surface area (Å²) in [7, 11) is 0. The highest BCUT2D eigenvalue weighted by molar-refractivity contribution is 5.54. The Balaban J connectivity index is 1.38. The van der Waals surface area contributed by atoms with Crippen LogP contribution >= 0.6 is 0 Å². The smallest absolute Gasteiger partial charge is 0.0408 e. The third-order valence-electron chi connectivity index (χ3n) is 4.74. The Kier molecular flexibility index (Phi) is 3.47. The van der Waals surface area contributed by atoms with E-state index in [9.17, 15) is 0 Å². The van der Waals surface area contributed by atoms with E-state index in [0.717, 1.165) is 32.7 Å². The molecule has 2 aliphatic heterocycles. The maximum Gasteiger partial charge on any atom is 0.0408 e. The zero-order chi connectivity index (χ0) is 14.9. The minimum absolute atomic E-state index is 1.07. The number of anilines is 1. The van der Waals surface area contributed by atoms with Crippen molar-refractivity contribution in [1.29, 1.82) is 0 Å². The molecule has 2 aromatic carbocycles. The molecule has 0 unspecified atom stereocenters. The van der Waals surface area contributed by atoms with E-state index >= 15 is 0 Å². The molecule has 0 radical (unpaired) electrons. The van der Waals surface area contributed by atoms with Gasteiger partial charge in [-0.15, -0.1) is 0 Å². The second-order valence-electron chi connectivity index (χ2n) is 6.53. The first-order valence-corrected chi connectivity index (χ1v) is 8.05. The van der Waals surface area contributed by atoms with Gasteiger partial charge in [-0.2, -0.15) is 0 Å². The first-order chi connectivity index (χ1) is 10.8. The molecular weight excluding hydrogens is 268 g/mol. The molecule has 0 spiro atoms. The van der Waals surface area contributed by atoms with Crippen LogP contribution in [0, 0.1) is 6.92 Å². The minimum Gasteiger partial charge on any atom is -0.363 e. The summed E-state index contributed by atoms with van der Waals surface area (Å²) in [6.45, 7) is 7.68. The van der Waals surface area contributed by atoms with E-state index in [2.05, 4.69) is 71.3 Å². The van der Waals surface area contributed by atoms with Crippen molar-refractivity contribution in [2.24, 2.45) is 0 Å². The van der Waals surface area contributed by atoms with Crippen molar-refractivity contribution in [3.05, 3.63) is 76.9 Å². The average Bonchev–Trinajstić information content (AvgIpc) is 3.07. The monoisotopic (exact) mass is 290 g/mol. The van der Waals surface area contributed by atoms with E-state index in [1.165, 1.54) is 16.8 Å². The summed E-state index contributed by atoms with van der Waals surface area (Å²) in [6, 6.07) is 19.7. The summed E-state index contributed by atoms with van der Waals surface area (Å²) < 4.78 is 0. The summed E-state index contributed by atoms with van der Waals surface area (Å²) in [4.78, 5) is 5.07. The Hall–Kier alpha value is -2.06. The normalized spacial score (nSPS) is 18.1. The summed E-state index contributed by atoms with van der Waals surface area (Å²) in [5.41, 5.74) is 7.37. The quantitative estimate of drug-likeness (QED) is 0.797. The molecule has 2 aromatic rings. The fourth-order valence-electron chi connectivity index (χ4n) is 3.55. The molecule has 2 aliphatic rings. The molecule has 22 heavy (non-hydrogen) atoms. The second kappa shape index (κ2) is 5.62. The number of nitrogens with zero attached hydrogens (tertiary/aromatic N) is 2. The number of rotatable bonds is 3. The van der Waals surface area contributed by atoms with Gasteiger partial charge >= 0.3 is 0 Å². The number of aryl methyl sites for hydroxylation is 1. The van der Waals surface area contributed by atoms with E-state index in [1.54, 1.807) is 11.1 Å². The molecule has 112 valence electrons. The van der Waals surface area contributed by atoms with Crippen molar-refractivity contribution in [1.82, 2.24) is 4.90 Å². The van der Waals surface area contributed by atoms with E-state index in [0.29, 0.717) is 0 Å². The topological polar surface area (TPSA) is 6.48 Å². The van der Waals surface area contributed by atoms with Gasteiger partial charge in [0.25, 0.3) is 0 Å². The zero-order valence-corrected chi connectivity index (χ0v) is 13.1. The highest BCUT2D eigenvalue weighted by atomic mass is 15.2. The number of hydrogen-bond acceptors (Lipinski definition) is 2. The minimum atomic E-state index is 1.07. The van der Waals surface area contributed by atoms with Gasteiger partial charge in [0.15, 0.2) is 0 Å². The van der Waals surface area contributed by atoms with Gasteiger partial charge < -0.3 is 4.90 Å². The van der Waals surface area contributed by atoms with E-state index in [1.807, 2.05) is 0 Å². The van der Waals surface area contributed by atoms with Crippen LogP contribution in [-0.4, -0.2) is 31.1 Å². The van der Waals surface area contributed by atoms with Crippen LogP contribution in [0.25, 0.3) is 0 Å². The van der Waals surface area contributed by atoms with Crippen molar-refractivity contribution < 1.29 is 0 Å². The summed E-state index contributed by atoms with van der Waals surface area (Å²) in [5, 5.41) is 0. The Bertz CT molecular complexity index is 667. The molecule has 2 nitrogen and oxygen atoms in total. The molecular formula is C20H22N2. The predicted octanol–water partition coefficient (Wildman–Crippen LogP) is 3.63. The van der Waals surface area contributed by atoms with Crippen molar-refractivity contribution in [2.45, 2.75) is 13.5 Å². The molecule has 4 rings (SSSR count). The Morgan fingerprint density at radius 3 is 2.05 bits per heavy atom. The van der Waals surface area contributed by atoms with Gasteiger partial charge in [0.2, 0.25) is 0 Å². The Morgan fingerprint density at radius 1 is 0.773 bits per heavy atom. The first kappa shape index (κ1) is 13.6. The standard InChI is InChI=1S/C20H22N2/c1-16-7-9-20(10-8-16)22-14-18-12-21(13-19(18)15-22)11-17-5-3-2-4-6-17/h2-10H,11-15H2,1H3. The molecule has 0 N–H and O–H groups in total. The Labute approximate surface area is 132 Å². The molecule has 2 heteroatoms. The third kappa shape index (κ3) is 2.67. The van der Waals surface area contributed by atoms with Crippen LogP contribution in [-0.2, 0) is 6.54 Å². The molecule has 2 heterocycles. The van der Waals surface area contributed by atoms with Crippen LogP contribution in [0.1, 0.15) is 11.1 Å². The lowest BCUT2D eigenvalue weighted by atomic mass is 10.2. The van der Waals surface area contributed by atoms with Crippen LogP contribution in [0.5, 0.6) is 0 Å². The zero-order valence-electron chi connectivity index (χ0n) is 13.1. The van der Waals surface area contributed by atoms with Crippen molar-refractivity contribution in [3.8, 4) is 0 Å². The summed E-state index contributed by atoms with van der Waals surface area (Å²) in [6.07, 6.45) is 0. The molecule has 0 aliphatic carbocycles. The van der Waals surface area contributed by atoms with Gasteiger partial charge in [0.1, 0.15) is 0 Å². The van der Waals surface area contributed by atoms with Gasteiger partial charge in [-0.1, -0.05) is 48.0 Å². The molecule has 0 amide bonds. The largest absolute Gasteiger partial charge is 0.363 e. The molecule has 0 fully saturated rings. The van der Waals surface area contributed by atoms with Crippen molar-refractivity contribution in [3.63, 3.8) is 0 Å². The van der Waals surface area contributed by atoms with Crippen LogP contribution in [0.15, 0.2) is 65.7 Å². The fraction of sp³-hybridized carbons (Fsp3) is 0.300. The summed E-state index contributed by atoms with van der Waals surface area (Å²) in [5.74, 6) is 0. The lowest BCUT2D eigenvalue weighted by Crippen LogP contribution is -2.29. The lowest BCUT2D eigenvalue weighted by Gasteiger charge is -2.24. The van der Waals surface area contributed by atoms with E-state index in [4.69, 9.17) is 0 Å². The highest BCUT2D eigenvalue weighted by Crippen LogP contribution is 2.30. The van der Waals surface area contributed by atoms with Gasteiger partial charge in [-0.05, 0) is 35.8 Å². The first-order valence-electron chi connectivity index (χ1n) is 8.05. The van der Waals surface area contributed by atoms with E-state index in [-0.39, 0.29) is 0 Å². The summed E-state index contributed by atoms with van der Waals surface area (Å²) >= 11 is 0. The van der Waals surface area contributed by atoms with Crippen LogP contribution < -0.4 is 4.90 Å². The van der Waals surface area contributed by atoms with Gasteiger partial charge in [-0.3, -0.25) is 4.90 Å². The van der Waals surface area contributed by atoms with Crippen molar-refractivity contribution >= 4 is 5.69 Å². The lowest BCUT2D eigenvalue weighted by molar-refractivity contribution is 0.333. The fourth-order valence-corrected chi connectivity index (χ4v) is 3.55. The molecule has 0 saturated carbocycles. The van der Waals surface area contributed by atoms with Crippen molar-refractivity contribution in [2.75, 3.05) is 31.1 Å². The average molecular weight is 290 g/mol. The van der Waals surface area contributed by atoms with E-state index < -0.39 is 0 Å². The molecule has 0 saturated heterocycles. The maximum atomic E-state index is 2.56. The third-order valence-corrected chi connectivity index (χ3v) is 4.74. The number of benzene rings is 2.